The third kappa shape index (κ3) is 6.02. The summed E-state index contributed by atoms with van der Waals surface area (Å²) in [5.41, 5.74) is 4.76. The number of carbonyl (C=O) groups excluding carboxylic acids is 1. The highest BCUT2D eigenvalue weighted by atomic mass is 32.1. The van der Waals surface area contributed by atoms with Crippen LogP contribution in [0.15, 0.2) is 54.6 Å². The van der Waals surface area contributed by atoms with Gasteiger partial charge in [-0.3, -0.25) is 15.5 Å². The van der Waals surface area contributed by atoms with E-state index in [1.807, 2.05) is 36.7 Å². The molecular weight excluding hydrogens is 336 g/mol. The van der Waals surface area contributed by atoms with Crippen LogP contribution in [0.5, 0.6) is 5.75 Å². The topological polar surface area (TPSA) is 70.6 Å². The minimum Gasteiger partial charge on any atom is -0.492 e. The fraction of sp³-hybridized carbons (Fsp3) is 0.158. The van der Waals surface area contributed by atoms with E-state index in [0.717, 1.165) is 11.1 Å². The number of thiocarbonyl (C=S) groups is 1. The fourth-order valence-corrected chi connectivity index (χ4v) is 2.24. The Morgan fingerprint density at radius 2 is 1.92 bits per heavy atom. The molecule has 0 aliphatic rings. The van der Waals surface area contributed by atoms with Gasteiger partial charge in [0.2, 0.25) is 5.91 Å². The standard InChI is InChI=1S/C19H20N2O3S/c1-14-4-2-3-5-15(14)8-11-18(22)20-12-13-24-17-9-6-16(7-10-17)19(25)21-23/h2-11,23H,12-13H2,1H3,(H,20,22)(H,21,25)/b11-8+. The van der Waals surface area contributed by atoms with Crippen LogP contribution in [0.2, 0.25) is 0 Å². The van der Waals surface area contributed by atoms with Crippen LogP contribution in [0, 0.1) is 6.92 Å². The largest absolute Gasteiger partial charge is 0.492 e. The average molecular weight is 356 g/mol. The Morgan fingerprint density at radius 1 is 1.20 bits per heavy atom. The van der Waals surface area contributed by atoms with E-state index in [-0.39, 0.29) is 10.9 Å². The molecule has 0 saturated carbocycles. The van der Waals surface area contributed by atoms with Crippen molar-refractivity contribution >= 4 is 29.2 Å². The van der Waals surface area contributed by atoms with E-state index in [1.165, 1.54) is 6.08 Å². The van der Waals surface area contributed by atoms with E-state index in [0.29, 0.717) is 24.5 Å². The van der Waals surface area contributed by atoms with Gasteiger partial charge in [0, 0.05) is 11.6 Å². The summed E-state index contributed by atoms with van der Waals surface area (Å²) >= 11 is 4.91. The molecule has 0 aliphatic carbocycles. The zero-order valence-electron chi connectivity index (χ0n) is 13.9. The van der Waals surface area contributed by atoms with Crippen molar-refractivity contribution in [2.45, 2.75) is 6.92 Å². The Morgan fingerprint density at radius 3 is 2.60 bits per heavy atom. The first-order chi connectivity index (χ1) is 12.1. The molecule has 3 N–H and O–H groups in total. The van der Waals surface area contributed by atoms with Crippen molar-refractivity contribution in [1.82, 2.24) is 10.8 Å². The van der Waals surface area contributed by atoms with Gasteiger partial charge >= 0.3 is 0 Å². The van der Waals surface area contributed by atoms with Gasteiger partial charge in [0.25, 0.3) is 0 Å². The molecule has 0 radical (unpaired) electrons. The Bertz CT molecular complexity index is 758. The molecule has 2 aromatic carbocycles. The number of carbonyl (C=O) groups is 1. The number of aryl methyl sites for hydroxylation is 1. The van der Waals surface area contributed by atoms with Gasteiger partial charge < -0.3 is 10.1 Å². The maximum absolute atomic E-state index is 11.8. The Balaban J connectivity index is 1.73. The van der Waals surface area contributed by atoms with Crippen molar-refractivity contribution < 1.29 is 14.7 Å². The maximum Gasteiger partial charge on any atom is 0.244 e. The van der Waals surface area contributed by atoms with Crippen molar-refractivity contribution in [3.8, 4) is 5.75 Å². The SMILES string of the molecule is Cc1ccccc1/C=C/C(=O)NCCOc1ccc(C(=S)NO)cc1. The van der Waals surface area contributed by atoms with Crippen molar-refractivity contribution in [3.05, 3.63) is 71.3 Å². The van der Waals surface area contributed by atoms with E-state index in [2.05, 4.69) is 5.32 Å². The van der Waals surface area contributed by atoms with Crippen molar-refractivity contribution in [2.75, 3.05) is 13.2 Å². The summed E-state index contributed by atoms with van der Waals surface area (Å²) in [6, 6.07) is 14.8. The molecule has 25 heavy (non-hydrogen) atoms. The summed E-state index contributed by atoms with van der Waals surface area (Å²) in [5.74, 6) is 0.496. The van der Waals surface area contributed by atoms with Crippen LogP contribution in [-0.2, 0) is 4.79 Å². The average Bonchev–Trinajstić information content (AvgIpc) is 2.64. The second kappa shape index (κ2) is 9.56. The minimum absolute atomic E-state index is 0.165. The normalized spacial score (nSPS) is 10.5. The van der Waals surface area contributed by atoms with Crippen LogP contribution in [0.3, 0.4) is 0 Å². The summed E-state index contributed by atoms with van der Waals surface area (Å²) in [6.45, 7) is 2.75. The molecule has 0 fully saturated rings. The lowest BCUT2D eigenvalue weighted by Gasteiger charge is -2.08. The third-order valence-electron chi connectivity index (χ3n) is 3.49. The summed E-state index contributed by atoms with van der Waals surface area (Å²) in [6.07, 6.45) is 3.31. The van der Waals surface area contributed by atoms with Crippen LogP contribution in [0.1, 0.15) is 16.7 Å². The Kier molecular flexibility index (Phi) is 7.13. The monoisotopic (exact) mass is 356 g/mol. The molecule has 6 heteroatoms. The predicted molar refractivity (Wildman–Crippen MR) is 102 cm³/mol. The third-order valence-corrected chi connectivity index (χ3v) is 3.82. The van der Waals surface area contributed by atoms with E-state index >= 15 is 0 Å². The van der Waals surface area contributed by atoms with Gasteiger partial charge in [-0.05, 0) is 48.4 Å². The Labute approximate surface area is 152 Å². The lowest BCUT2D eigenvalue weighted by atomic mass is 10.1. The number of hydrogen-bond donors (Lipinski definition) is 3. The number of nitrogens with one attached hydrogen (secondary N) is 2. The second-order valence-corrected chi connectivity index (χ2v) is 5.70. The number of amides is 1. The van der Waals surface area contributed by atoms with Gasteiger partial charge in [-0.2, -0.15) is 0 Å². The molecule has 0 spiro atoms. The Hall–Kier alpha value is -2.70. The molecule has 0 aliphatic heterocycles. The predicted octanol–water partition coefficient (Wildman–Crippen LogP) is 2.86. The van der Waals surface area contributed by atoms with E-state index < -0.39 is 0 Å². The molecule has 0 heterocycles. The van der Waals surface area contributed by atoms with E-state index in [1.54, 1.807) is 30.3 Å². The number of hydroxylamine groups is 1. The molecule has 130 valence electrons. The van der Waals surface area contributed by atoms with Crippen LogP contribution in [-0.4, -0.2) is 29.3 Å². The quantitative estimate of drug-likeness (QED) is 0.308. The van der Waals surface area contributed by atoms with Gasteiger partial charge in [-0.1, -0.05) is 36.5 Å². The lowest BCUT2D eigenvalue weighted by Crippen LogP contribution is -2.26. The van der Waals surface area contributed by atoms with E-state index in [4.69, 9.17) is 22.2 Å². The van der Waals surface area contributed by atoms with Crippen LogP contribution in [0.4, 0.5) is 0 Å². The summed E-state index contributed by atoms with van der Waals surface area (Å²) in [7, 11) is 0. The minimum atomic E-state index is -0.165. The maximum atomic E-state index is 11.8. The first kappa shape index (κ1) is 18.6. The van der Waals surface area contributed by atoms with Gasteiger partial charge in [0.15, 0.2) is 0 Å². The van der Waals surface area contributed by atoms with Gasteiger partial charge in [0.05, 0.1) is 6.54 Å². The smallest absolute Gasteiger partial charge is 0.244 e. The highest BCUT2D eigenvalue weighted by Gasteiger charge is 2.01. The number of rotatable bonds is 7. The highest BCUT2D eigenvalue weighted by molar-refractivity contribution is 7.80. The van der Waals surface area contributed by atoms with Crippen molar-refractivity contribution in [2.24, 2.45) is 0 Å². The zero-order chi connectivity index (χ0) is 18.1. The fourth-order valence-electron chi connectivity index (χ4n) is 2.11. The van der Waals surface area contributed by atoms with Crippen LogP contribution < -0.4 is 15.5 Å². The van der Waals surface area contributed by atoms with Gasteiger partial charge in [-0.25, -0.2) is 0 Å². The first-order valence-corrected chi connectivity index (χ1v) is 8.20. The first-order valence-electron chi connectivity index (χ1n) is 7.79. The van der Waals surface area contributed by atoms with Gasteiger partial charge in [0.1, 0.15) is 17.3 Å². The number of ether oxygens (including phenoxy) is 1. The van der Waals surface area contributed by atoms with Crippen molar-refractivity contribution in [3.63, 3.8) is 0 Å². The molecule has 1 amide bonds. The lowest BCUT2D eigenvalue weighted by molar-refractivity contribution is -0.116. The molecule has 0 atom stereocenters. The molecule has 0 bridgehead atoms. The molecule has 0 aromatic heterocycles. The number of hydrogen-bond acceptors (Lipinski definition) is 4. The molecule has 5 nitrogen and oxygen atoms in total. The molecular formula is C19H20N2O3S. The summed E-state index contributed by atoms with van der Waals surface area (Å²) in [5, 5.41) is 11.5. The summed E-state index contributed by atoms with van der Waals surface area (Å²) in [4.78, 5) is 12.0. The summed E-state index contributed by atoms with van der Waals surface area (Å²) < 4.78 is 5.54. The van der Waals surface area contributed by atoms with Gasteiger partial charge in [-0.15, -0.1) is 0 Å². The highest BCUT2D eigenvalue weighted by Crippen LogP contribution is 2.12. The zero-order valence-corrected chi connectivity index (χ0v) is 14.7. The van der Waals surface area contributed by atoms with E-state index in [9.17, 15) is 4.79 Å². The van der Waals surface area contributed by atoms with Crippen LogP contribution in [0.25, 0.3) is 6.08 Å². The molecule has 2 aromatic rings. The van der Waals surface area contributed by atoms with Crippen molar-refractivity contribution in [1.29, 1.82) is 0 Å². The molecule has 0 unspecified atom stereocenters. The number of benzene rings is 2. The molecule has 2 rings (SSSR count). The second-order valence-electron chi connectivity index (χ2n) is 5.29. The molecule has 0 saturated heterocycles. The van der Waals surface area contributed by atoms with Crippen LogP contribution >= 0.6 is 12.2 Å².